The van der Waals surface area contributed by atoms with Crippen molar-refractivity contribution in [1.82, 2.24) is 10.2 Å². The fourth-order valence-electron chi connectivity index (χ4n) is 2.72. The van der Waals surface area contributed by atoms with Crippen LogP contribution in [0.5, 0.6) is 0 Å². The van der Waals surface area contributed by atoms with Crippen LogP contribution in [0, 0.1) is 5.92 Å². The number of amides is 1. The highest BCUT2D eigenvalue weighted by Crippen LogP contribution is 2.24. The van der Waals surface area contributed by atoms with Gasteiger partial charge in [-0.3, -0.25) is 14.5 Å². The Morgan fingerprint density at radius 1 is 0.960 bits per heavy atom. The Bertz CT molecular complexity index is 565. The summed E-state index contributed by atoms with van der Waals surface area (Å²) in [7, 11) is 0. The van der Waals surface area contributed by atoms with Crippen molar-refractivity contribution in [2.45, 2.75) is 59.5 Å². The molecule has 1 amide bonds. The molecule has 5 nitrogen and oxygen atoms in total. The lowest BCUT2D eigenvalue weighted by Gasteiger charge is -2.27. The topological polar surface area (TPSA) is 69.6 Å². The van der Waals surface area contributed by atoms with Crippen LogP contribution in [-0.2, 0) is 9.59 Å². The van der Waals surface area contributed by atoms with Gasteiger partial charge in [-0.25, -0.2) is 0 Å². The highest BCUT2D eigenvalue weighted by molar-refractivity contribution is 5.79. The predicted octanol–water partition coefficient (Wildman–Crippen LogP) is 3.42. The Hall–Kier alpha value is -1.88. The number of benzene rings is 1. The molecule has 0 aromatic heterocycles. The van der Waals surface area contributed by atoms with Crippen molar-refractivity contribution in [3.8, 4) is 0 Å². The fourth-order valence-corrected chi connectivity index (χ4v) is 2.72. The van der Waals surface area contributed by atoms with Crippen LogP contribution in [-0.4, -0.2) is 41.0 Å². The zero-order valence-electron chi connectivity index (χ0n) is 16.2. The number of nitrogens with one attached hydrogen (secondary N) is 1. The van der Waals surface area contributed by atoms with Gasteiger partial charge < -0.3 is 10.4 Å². The van der Waals surface area contributed by atoms with Crippen molar-refractivity contribution >= 4 is 11.9 Å². The lowest BCUT2D eigenvalue weighted by atomic mass is 9.93. The number of carboxylic acid groups (broad SMARTS) is 1. The average Bonchev–Trinajstić information content (AvgIpc) is 2.51. The first-order valence-corrected chi connectivity index (χ1v) is 8.96. The Morgan fingerprint density at radius 2 is 1.48 bits per heavy atom. The molecule has 2 N–H and O–H groups in total. The van der Waals surface area contributed by atoms with Gasteiger partial charge in [-0.15, -0.1) is 0 Å². The minimum absolute atomic E-state index is 0.00956. The summed E-state index contributed by atoms with van der Waals surface area (Å²) in [5, 5.41) is 12.1. The van der Waals surface area contributed by atoms with Gasteiger partial charge in [-0.05, 0) is 36.8 Å². The molecule has 0 aliphatic rings. The molecule has 0 fully saturated rings. The van der Waals surface area contributed by atoms with Crippen LogP contribution in [0.3, 0.4) is 0 Å². The lowest BCUT2D eigenvalue weighted by molar-refractivity contribution is -0.139. The van der Waals surface area contributed by atoms with E-state index in [0.717, 1.165) is 5.56 Å². The second-order valence-corrected chi connectivity index (χ2v) is 7.50. The van der Waals surface area contributed by atoms with Gasteiger partial charge in [0.1, 0.15) is 0 Å². The molecule has 1 unspecified atom stereocenters. The highest BCUT2D eigenvalue weighted by Gasteiger charge is 2.22. The van der Waals surface area contributed by atoms with Crippen LogP contribution in [0.25, 0.3) is 0 Å². The number of rotatable bonds is 9. The van der Waals surface area contributed by atoms with E-state index in [1.54, 1.807) is 4.90 Å². The highest BCUT2D eigenvalue weighted by atomic mass is 16.4. The second kappa shape index (κ2) is 9.56. The van der Waals surface area contributed by atoms with E-state index in [-0.39, 0.29) is 37.0 Å². The molecule has 5 heteroatoms. The Balaban J connectivity index is 2.83. The fraction of sp³-hybridized carbons (Fsp3) is 0.600. The molecule has 0 radical (unpaired) electrons. The normalized spacial score (nSPS) is 12.9. The van der Waals surface area contributed by atoms with Crippen molar-refractivity contribution in [2.24, 2.45) is 5.92 Å². The molecule has 0 saturated carbocycles. The maximum Gasteiger partial charge on any atom is 0.317 e. The van der Waals surface area contributed by atoms with Crippen LogP contribution < -0.4 is 5.32 Å². The molecule has 0 saturated heterocycles. The summed E-state index contributed by atoms with van der Waals surface area (Å²) in [4.78, 5) is 25.1. The van der Waals surface area contributed by atoms with Gasteiger partial charge in [-0.1, -0.05) is 52.0 Å². The molecular weight excluding hydrogens is 316 g/mol. The smallest absolute Gasteiger partial charge is 0.317 e. The number of carboxylic acids is 1. The molecule has 0 aliphatic heterocycles. The van der Waals surface area contributed by atoms with Gasteiger partial charge in [0.2, 0.25) is 5.91 Å². The first-order valence-electron chi connectivity index (χ1n) is 8.96. The summed E-state index contributed by atoms with van der Waals surface area (Å²) >= 11 is 0. The first-order chi connectivity index (χ1) is 11.6. The van der Waals surface area contributed by atoms with Gasteiger partial charge in [0.15, 0.2) is 0 Å². The Labute approximate surface area is 151 Å². The van der Waals surface area contributed by atoms with E-state index < -0.39 is 5.97 Å². The van der Waals surface area contributed by atoms with E-state index in [2.05, 4.69) is 57.3 Å². The molecule has 140 valence electrons. The summed E-state index contributed by atoms with van der Waals surface area (Å²) in [6.07, 6.45) is 0. The summed E-state index contributed by atoms with van der Waals surface area (Å²) in [6, 6.07) is 8.24. The third kappa shape index (κ3) is 6.86. The number of hydrogen-bond acceptors (Lipinski definition) is 3. The summed E-state index contributed by atoms with van der Waals surface area (Å²) in [5.41, 5.74) is 2.34. The molecule has 0 spiro atoms. The minimum Gasteiger partial charge on any atom is -0.480 e. The zero-order valence-corrected chi connectivity index (χ0v) is 16.2. The Morgan fingerprint density at radius 3 is 1.88 bits per heavy atom. The number of carbonyl (C=O) groups is 2. The predicted molar refractivity (Wildman–Crippen MR) is 101 cm³/mol. The van der Waals surface area contributed by atoms with Gasteiger partial charge >= 0.3 is 5.97 Å². The van der Waals surface area contributed by atoms with Crippen molar-refractivity contribution in [3.63, 3.8) is 0 Å². The number of nitrogens with zero attached hydrogens (tertiary/aromatic N) is 1. The van der Waals surface area contributed by atoms with Gasteiger partial charge in [0.25, 0.3) is 0 Å². The standard InChI is InChI=1S/C20H32N2O3/c1-13(2)16-7-9-17(10-8-16)20(14(3)4)21-18(23)11-22(15(5)6)12-19(24)25/h7-10,13-15,20H,11-12H2,1-6H3,(H,21,23)(H,24,25). The molecule has 1 atom stereocenters. The third-order valence-corrected chi connectivity index (χ3v) is 4.36. The van der Waals surface area contributed by atoms with E-state index in [1.165, 1.54) is 5.56 Å². The van der Waals surface area contributed by atoms with Crippen LogP contribution in [0.15, 0.2) is 24.3 Å². The molecule has 0 bridgehead atoms. The van der Waals surface area contributed by atoms with Crippen LogP contribution in [0.2, 0.25) is 0 Å². The number of hydrogen-bond donors (Lipinski definition) is 2. The minimum atomic E-state index is -0.925. The second-order valence-electron chi connectivity index (χ2n) is 7.50. The monoisotopic (exact) mass is 348 g/mol. The van der Waals surface area contributed by atoms with Crippen LogP contribution in [0.1, 0.15) is 64.6 Å². The number of carbonyl (C=O) groups excluding carboxylic acids is 1. The quantitative estimate of drug-likeness (QED) is 0.717. The third-order valence-electron chi connectivity index (χ3n) is 4.36. The molecule has 1 rings (SSSR count). The molecule has 0 aliphatic carbocycles. The van der Waals surface area contributed by atoms with Gasteiger partial charge in [0, 0.05) is 6.04 Å². The molecule has 25 heavy (non-hydrogen) atoms. The van der Waals surface area contributed by atoms with E-state index in [9.17, 15) is 9.59 Å². The van der Waals surface area contributed by atoms with Crippen molar-refractivity contribution in [2.75, 3.05) is 13.1 Å². The van der Waals surface area contributed by atoms with Gasteiger partial charge in [0.05, 0.1) is 19.1 Å². The van der Waals surface area contributed by atoms with Crippen LogP contribution in [0.4, 0.5) is 0 Å². The zero-order chi connectivity index (χ0) is 19.1. The summed E-state index contributed by atoms with van der Waals surface area (Å²) < 4.78 is 0. The number of aliphatic carboxylic acids is 1. The molecule has 1 aromatic carbocycles. The summed E-state index contributed by atoms with van der Waals surface area (Å²) in [5.74, 6) is -0.370. The summed E-state index contributed by atoms with van der Waals surface area (Å²) in [6.45, 7) is 12.2. The molecule has 0 heterocycles. The molecular formula is C20H32N2O3. The maximum atomic E-state index is 12.5. The van der Waals surface area contributed by atoms with Crippen molar-refractivity contribution in [3.05, 3.63) is 35.4 Å². The molecule has 1 aromatic rings. The van der Waals surface area contributed by atoms with E-state index in [0.29, 0.717) is 5.92 Å². The van der Waals surface area contributed by atoms with Gasteiger partial charge in [-0.2, -0.15) is 0 Å². The van der Waals surface area contributed by atoms with Crippen molar-refractivity contribution in [1.29, 1.82) is 0 Å². The van der Waals surface area contributed by atoms with E-state index >= 15 is 0 Å². The SMILES string of the molecule is CC(C)c1ccc(C(NC(=O)CN(CC(=O)O)C(C)C)C(C)C)cc1. The van der Waals surface area contributed by atoms with Crippen LogP contribution >= 0.6 is 0 Å². The maximum absolute atomic E-state index is 12.5. The van der Waals surface area contributed by atoms with Crippen molar-refractivity contribution < 1.29 is 14.7 Å². The first kappa shape index (κ1) is 21.2. The Kier molecular flexibility index (Phi) is 8.10. The average molecular weight is 348 g/mol. The van der Waals surface area contributed by atoms with E-state index in [1.807, 2.05) is 13.8 Å². The van der Waals surface area contributed by atoms with E-state index in [4.69, 9.17) is 5.11 Å². The lowest BCUT2D eigenvalue weighted by Crippen LogP contribution is -2.44. The largest absolute Gasteiger partial charge is 0.480 e.